The molecule has 0 bridgehead atoms. The van der Waals surface area contributed by atoms with Crippen LogP contribution in [0.3, 0.4) is 0 Å². The van der Waals surface area contributed by atoms with E-state index in [2.05, 4.69) is 36.6 Å². The van der Waals surface area contributed by atoms with Gasteiger partial charge in [0.2, 0.25) is 0 Å². The Labute approximate surface area is 128 Å². The Kier molecular flexibility index (Phi) is 4.94. The highest BCUT2D eigenvalue weighted by molar-refractivity contribution is 5.32. The first-order chi connectivity index (χ1) is 10.3. The van der Waals surface area contributed by atoms with Gasteiger partial charge in [-0.15, -0.1) is 0 Å². The van der Waals surface area contributed by atoms with Crippen molar-refractivity contribution in [1.82, 2.24) is 5.43 Å². The summed E-state index contributed by atoms with van der Waals surface area (Å²) in [6.45, 7) is 3.11. The van der Waals surface area contributed by atoms with E-state index in [1.807, 2.05) is 0 Å². The summed E-state index contributed by atoms with van der Waals surface area (Å²) in [6.07, 6.45) is 7.57. The van der Waals surface area contributed by atoms with E-state index in [0.717, 1.165) is 25.9 Å². The largest absolute Gasteiger partial charge is 0.378 e. The van der Waals surface area contributed by atoms with E-state index in [1.54, 1.807) is 11.1 Å². The van der Waals surface area contributed by atoms with Crippen LogP contribution in [-0.2, 0) is 11.2 Å². The lowest BCUT2D eigenvalue weighted by atomic mass is 9.76. The second-order valence-corrected chi connectivity index (χ2v) is 6.57. The van der Waals surface area contributed by atoms with E-state index < -0.39 is 0 Å². The van der Waals surface area contributed by atoms with Crippen molar-refractivity contribution < 1.29 is 4.74 Å². The predicted molar refractivity (Wildman–Crippen MR) is 86.0 cm³/mol. The van der Waals surface area contributed by atoms with Crippen LogP contribution in [0.4, 0.5) is 0 Å². The van der Waals surface area contributed by atoms with Crippen LogP contribution in [0.15, 0.2) is 24.3 Å². The van der Waals surface area contributed by atoms with Crippen LogP contribution in [0.1, 0.15) is 56.1 Å². The minimum Gasteiger partial charge on any atom is -0.378 e. The molecule has 0 saturated carbocycles. The van der Waals surface area contributed by atoms with Gasteiger partial charge in [-0.25, -0.2) is 0 Å². The van der Waals surface area contributed by atoms with Gasteiger partial charge in [-0.3, -0.25) is 11.3 Å². The summed E-state index contributed by atoms with van der Waals surface area (Å²) in [5, 5.41) is 0. The average Bonchev–Trinajstić information content (AvgIpc) is 3.01. The lowest BCUT2D eigenvalue weighted by molar-refractivity contribution is 0.0753. The smallest absolute Gasteiger partial charge is 0.0616 e. The van der Waals surface area contributed by atoms with Crippen LogP contribution in [0, 0.1) is 5.92 Å². The van der Waals surface area contributed by atoms with E-state index in [0.29, 0.717) is 24.0 Å². The molecule has 1 aliphatic heterocycles. The van der Waals surface area contributed by atoms with Gasteiger partial charge < -0.3 is 4.74 Å². The Morgan fingerprint density at radius 1 is 1.33 bits per heavy atom. The SMILES string of the molecule is CCC1OCCC1C(CC1CCCc2ccccc21)NN. The Morgan fingerprint density at radius 3 is 3.00 bits per heavy atom. The summed E-state index contributed by atoms with van der Waals surface area (Å²) < 4.78 is 5.86. The van der Waals surface area contributed by atoms with Crippen LogP contribution in [0.25, 0.3) is 0 Å². The molecule has 2 aliphatic rings. The quantitative estimate of drug-likeness (QED) is 0.646. The molecular formula is C18H28N2O. The number of ether oxygens (including phenoxy) is 1. The molecule has 0 aromatic heterocycles. The number of hydrogen-bond donors (Lipinski definition) is 2. The minimum atomic E-state index is 0.369. The maximum atomic E-state index is 5.90. The molecule has 3 N–H and O–H groups in total. The first-order valence-electron chi connectivity index (χ1n) is 8.49. The summed E-state index contributed by atoms with van der Waals surface area (Å²) in [7, 11) is 0. The zero-order chi connectivity index (χ0) is 14.7. The van der Waals surface area contributed by atoms with Crippen LogP contribution >= 0.6 is 0 Å². The number of nitrogens with one attached hydrogen (secondary N) is 1. The second kappa shape index (κ2) is 6.91. The fraction of sp³-hybridized carbons (Fsp3) is 0.667. The third-order valence-electron chi connectivity index (χ3n) is 5.43. The third-order valence-corrected chi connectivity index (χ3v) is 5.43. The van der Waals surface area contributed by atoms with Gasteiger partial charge in [-0.1, -0.05) is 31.2 Å². The third kappa shape index (κ3) is 3.15. The summed E-state index contributed by atoms with van der Waals surface area (Å²) in [5.74, 6) is 7.11. The number of nitrogens with two attached hydrogens (primary N) is 1. The fourth-order valence-corrected chi connectivity index (χ4v) is 4.32. The first kappa shape index (κ1) is 15.0. The summed E-state index contributed by atoms with van der Waals surface area (Å²) in [4.78, 5) is 0. The van der Waals surface area contributed by atoms with Crippen molar-refractivity contribution in [3.05, 3.63) is 35.4 Å². The summed E-state index contributed by atoms with van der Waals surface area (Å²) >= 11 is 0. The van der Waals surface area contributed by atoms with E-state index in [1.165, 1.54) is 19.3 Å². The number of fused-ring (bicyclic) bond motifs is 1. The van der Waals surface area contributed by atoms with Crippen molar-refractivity contribution in [2.45, 2.75) is 63.5 Å². The molecule has 0 radical (unpaired) electrons. The lowest BCUT2D eigenvalue weighted by Gasteiger charge is -2.32. The molecule has 1 saturated heterocycles. The maximum absolute atomic E-state index is 5.90. The number of hydrazine groups is 1. The lowest BCUT2D eigenvalue weighted by Crippen LogP contribution is -2.44. The molecular weight excluding hydrogens is 260 g/mol. The zero-order valence-electron chi connectivity index (χ0n) is 13.1. The molecule has 4 atom stereocenters. The van der Waals surface area contributed by atoms with E-state index in [-0.39, 0.29) is 0 Å². The highest BCUT2D eigenvalue weighted by atomic mass is 16.5. The van der Waals surface area contributed by atoms with Crippen LogP contribution < -0.4 is 11.3 Å². The molecule has 1 aliphatic carbocycles. The Hall–Kier alpha value is -0.900. The van der Waals surface area contributed by atoms with Crippen LogP contribution in [-0.4, -0.2) is 18.8 Å². The molecule has 116 valence electrons. The topological polar surface area (TPSA) is 47.3 Å². The molecule has 1 fully saturated rings. The number of benzene rings is 1. The Balaban J connectivity index is 1.73. The van der Waals surface area contributed by atoms with E-state index >= 15 is 0 Å². The molecule has 3 nitrogen and oxygen atoms in total. The highest BCUT2D eigenvalue weighted by Gasteiger charge is 2.35. The molecule has 0 spiro atoms. The molecule has 3 heteroatoms. The fourth-order valence-electron chi connectivity index (χ4n) is 4.32. The van der Waals surface area contributed by atoms with Crippen molar-refractivity contribution in [1.29, 1.82) is 0 Å². The minimum absolute atomic E-state index is 0.369. The maximum Gasteiger partial charge on any atom is 0.0616 e. The van der Waals surface area contributed by atoms with Gasteiger partial charge >= 0.3 is 0 Å². The van der Waals surface area contributed by atoms with Crippen molar-refractivity contribution >= 4 is 0 Å². The predicted octanol–water partition coefficient (Wildman–Crippen LogP) is 3.14. The zero-order valence-corrected chi connectivity index (χ0v) is 13.1. The standard InChI is InChI=1S/C18H28N2O/c1-2-18-16(10-11-21-18)17(20-19)12-14-8-5-7-13-6-3-4-9-15(13)14/h3-4,6,9,14,16-18,20H,2,5,7-8,10-12,19H2,1H3. The van der Waals surface area contributed by atoms with Crippen LogP contribution in [0.2, 0.25) is 0 Å². The van der Waals surface area contributed by atoms with Crippen molar-refractivity contribution in [3.8, 4) is 0 Å². The van der Waals surface area contributed by atoms with Crippen LogP contribution in [0.5, 0.6) is 0 Å². The molecule has 1 aromatic carbocycles. The van der Waals surface area contributed by atoms with Crippen molar-refractivity contribution in [3.63, 3.8) is 0 Å². The molecule has 1 heterocycles. The number of rotatable bonds is 5. The molecule has 21 heavy (non-hydrogen) atoms. The second-order valence-electron chi connectivity index (χ2n) is 6.57. The van der Waals surface area contributed by atoms with Gasteiger partial charge in [0.1, 0.15) is 0 Å². The molecule has 0 amide bonds. The monoisotopic (exact) mass is 288 g/mol. The Morgan fingerprint density at radius 2 is 2.19 bits per heavy atom. The van der Waals surface area contributed by atoms with Gasteiger partial charge in [0.15, 0.2) is 0 Å². The molecule has 4 unspecified atom stereocenters. The van der Waals surface area contributed by atoms with Gasteiger partial charge in [0, 0.05) is 18.6 Å². The normalized spacial score (nSPS) is 30.1. The summed E-state index contributed by atoms with van der Waals surface area (Å²) in [6, 6.07) is 9.32. The van der Waals surface area contributed by atoms with Crippen molar-refractivity contribution in [2.75, 3.05) is 6.61 Å². The van der Waals surface area contributed by atoms with Gasteiger partial charge in [-0.05, 0) is 55.6 Å². The van der Waals surface area contributed by atoms with Gasteiger partial charge in [0.25, 0.3) is 0 Å². The van der Waals surface area contributed by atoms with E-state index in [9.17, 15) is 0 Å². The van der Waals surface area contributed by atoms with E-state index in [4.69, 9.17) is 10.6 Å². The molecule has 1 aromatic rings. The van der Waals surface area contributed by atoms with Crippen molar-refractivity contribution in [2.24, 2.45) is 11.8 Å². The first-order valence-corrected chi connectivity index (χ1v) is 8.49. The number of hydrogen-bond acceptors (Lipinski definition) is 3. The average molecular weight is 288 g/mol. The van der Waals surface area contributed by atoms with Gasteiger partial charge in [0.05, 0.1) is 6.10 Å². The molecule has 3 rings (SSSR count). The number of aryl methyl sites for hydroxylation is 1. The highest BCUT2D eigenvalue weighted by Crippen LogP contribution is 2.37. The Bertz CT molecular complexity index is 462. The van der Waals surface area contributed by atoms with Gasteiger partial charge in [-0.2, -0.15) is 0 Å². The summed E-state index contributed by atoms with van der Waals surface area (Å²) in [5.41, 5.74) is 6.20.